The van der Waals surface area contributed by atoms with E-state index in [0.29, 0.717) is 24.8 Å². The molecule has 0 aliphatic carbocycles. The number of nitrogens with zero attached hydrogens (tertiary/aromatic N) is 3. The fraction of sp³-hybridized carbons (Fsp3) is 0.733. The number of carbonyl (C=O) groups is 1. The van der Waals surface area contributed by atoms with Crippen LogP contribution in [0.3, 0.4) is 0 Å². The molecule has 21 heavy (non-hydrogen) atoms. The molecule has 2 amide bonds. The van der Waals surface area contributed by atoms with Crippen LogP contribution in [0.5, 0.6) is 0 Å². The number of hydrogen-bond donors (Lipinski definition) is 2. The van der Waals surface area contributed by atoms with Gasteiger partial charge in [-0.2, -0.15) is 5.10 Å². The minimum Gasteiger partial charge on any atom is -0.391 e. The van der Waals surface area contributed by atoms with E-state index in [2.05, 4.69) is 24.3 Å². The van der Waals surface area contributed by atoms with Crippen molar-refractivity contribution in [2.75, 3.05) is 18.4 Å². The highest BCUT2D eigenvalue weighted by atomic mass is 16.3. The average molecular weight is 294 g/mol. The Hall–Kier alpha value is -1.56. The molecule has 0 aromatic carbocycles. The van der Waals surface area contributed by atoms with E-state index >= 15 is 0 Å². The molecule has 1 fully saturated rings. The lowest BCUT2D eigenvalue weighted by atomic mass is 9.96. The van der Waals surface area contributed by atoms with Crippen molar-refractivity contribution < 1.29 is 9.90 Å². The lowest BCUT2D eigenvalue weighted by Gasteiger charge is -2.33. The molecule has 1 aromatic rings. The zero-order valence-corrected chi connectivity index (χ0v) is 13.1. The number of aromatic nitrogens is 2. The van der Waals surface area contributed by atoms with E-state index in [0.717, 1.165) is 19.4 Å². The largest absolute Gasteiger partial charge is 0.391 e. The number of carbonyl (C=O) groups excluding carboxylic acids is 1. The fourth-order valence-electron chi connectivity index (χ4n) is 2.37. The number of hydrogen-bond acceptors (Lipinski definition) is 3. The minimum absolute atomic E-state index is 0.185. The number of anilines is 1. The van der Waals surface area contributed by atoms with Crippen molar-refractivity contribution in [1.82, 2.24) is 14.7 Å². The smallest absolute Gasteiger partial charge is 0.323 e. The van der Waals surface area contributed by atoms with Crippen LogP contribution in [-0.4, -0.2) is 45.0 Å². The number of aliphatic hydroxyl groups excluding tert-OH is 1. The molecule has 2 heterocycles. The first kappa shape index (κ1) is 15.8. The highest BCUT2D eigenvalue weighted by Gasteiger charge is 2.27. The SMILES string of the molecule is CC(C)CCn1ccc(NC(=O)N2CCC(C)C(O)C2)n1. The third-order valence-electron chi connectivity index (χ3n) is 4.02. The summed E-state index contributed by atoms with van der Waals surface area (Å²) in [7, 11) is 0. The van der Waals surface area contributed by atoms with E-state index in [1.165, 1.54) is 0 Å². The van der Waals surface area contributed by atoms with Gasteiger partial charge in [-0.1, -0.05) is 20.8 Å². The van der Waals surface area contributed by atoms with Gasteiger partial charge >= 0.3 is 6.03 Å². The topological polar surface area (TPSA) is 70.4 Å². The number of β-amino-alcohol motifs (C(OH)–C–C–N with tert-alkyl or cyclic N) is 1. The van der Waals surface area contributed by atoms with Crippen molar-refractivity contribution in [2.24, 2.45) is 11.8 Å². The Labute approximate surface area is 126 Å². The number of rotatable bonds is 4. The van der Waals surface area contributed by atoms with Crippen LogP contribution in [0.1, 0.15) is 33.6 Å². The molecule has 1 aromatic heterocycles. The van der Waals surface area contributed by atoms with Gasteiger partial charge in [0.2, 0.25) is 0 Å². The molecule has 0 saturated carbocycles. The summed E-state index contributed by atoms with van der Waals surface area (Å²) in [5.74, 6) is 1.45. The van der Waals surface area contributed by atoms with Gasteiger partial charge in [0.1, 0.15) is 0 Å². The number of amides is 2. The van der Waals surface area contributed by atoms with Crippen molar-refractivity contribution in [3.8, 4) is 0 Å². The van der Waals surface area contributed by atoms with Crippen LogP contribution in [0.25, 0.3) is 0 Å². The molecular weight excluding hydrogens is 268 g/mol. The van der Waals surface area contributed by atoms with Gasteiger partial charge in [0.25, 0.3) is 0 Å². The van der Waals surface area contributed by atoms with Gasteiger partial charge < -0.3 is 10.0 Å². The molecule has 2 atom stereocenters. The number of aliphatic hydroxyl groups is 1. The zero-order valence-electron chi connectivity index (χ0n) is 13.1. The number of piperidine rings is 1. The standard InChI is InChI=1S/C15H26N4O2/c1-11(2)4-8-19-9-6-14(17-19)16-15(21)18-7-5-12(3)13(20)10-18/h6,9,11-13,20H,4-5,7-8,10H2,1-3H3,(H,16,17,21). The van der Waals surface area contributed by atoms with Gasteiger partial charge in [0.15, 0.2) is 5.82 Å². The molecule has 1 saturated heterocycles. The van der Waals surface area contributed by atoms with E-state index in [9.17, 15) is 9.90 Å². The second-order valence-electron chi connectivity index (χ2n) is 6.36. The Kier molecular flexibility index (Phi) is 5.22. The molecular formula is C15H26N4O2. The first-order chi connectivity index (χ1) is 9.95. The zero-order chi connectivity index (χ0) is 15.4. The van der Waals surface area contributed by atoms with Crippen LogP contribution in [0.2, 0.25) is 0 Å². The van der Waals surface area contributed by atoms with Crippen LogP contribution in [0, 0.1) is 11.8 Å². The van der Waals surface area contributed by atoms with Gasteiger partial charge in [-0.25, -0.2) is 4.79 Å². The highest BCUT2D eigenvalue weighted by Crippen LogP contribution is 2.17. The van der Waals surface area contributed by atoms with E-state index in [-0.39, 0.29) is 11.9 Å². The van der Waals surface area contributed by atoms with E-state index < -0.39 is 6.10 Å². The van der Waals surface area contributed by atoms with Gasteiger partial charge in [0.05, 0.1) is 6.10 Å². The quantitative estimate of drug-likeness (QED) is 0.894. The number of urea groups is 1. The van der Waals surface area contributed by atoms with Crippen LogP contribution in [-0.2, 0) is 6.54 Å². The molecule has 1 aliphatic heterocycles. The molecule has 2 N–H and O–H groups in total. The predicted octanol–water partition coefficient (Wildman–Crippen LogP) is 2.16. The van der Waals surface area contributed by atoms with E-state index in [4.69, 9.17) is 0 Å². The molecule has 0 radical (unpaired) electrons. The first-order valence-corrected chi connectivity index (χ1v) is 7.73. The molecule has 0 spiro atoms. The molecule has 118 valence electrons. The van der Waals surface area contributed by atoms with Crippen molar-refractivity contribution in [1.29, 1.82) is 0 Å². The van der Waals surface area contributed by atoms with Crippen LogP contribution in [0.15, 0.2) is 12.3 Å². The normalized spacial score (nSPS) is 22.6. The maximum Gasteiger partial charge on any atom is 0.323 e. The van der Waals surface area contributed by atoms with Crippen molar-refractivity contribution in [3.63, 3.8) is 0 Å². The third kappa shape index (κ3) is 4.46. The summed E-state index contributed by atoms with van der Waals surface area (Å²) >= 11 is 0. The minimum atomic E-state index is -0.437. The molecule has 2 unspecified atom stereocenters. The Morgan fingerprint density at radius 3 is 3.00 bits per heavy atom. The van der Waals surface area contributed by atoms with E-state index in [1.807, 2.05) is 17.8 Å². The Balaban J connectivity index is 1.85. The maximum absolute atomic E-state index is 12.1. The highest BCUT2D eigenvalue weighted by molar-refractivity contribution is 5.88. The van der Waals surface area contributed by atoms with Crippen LogP contribution < -0.4 is 5.32 Å². The van der Waals surface area contributed by atoms with Crippen LogP contribution >= 0.6 is 0 Å². The summed E-state index contributed by atoms with van der Waals surface area (Å²) in [5.41, 5.74) is 0. The fourth-order valence-corrected chi connectivity index (χ4v) is 2.37. The molecule has 6 nitrogen and oxygen atoms in total. The lowest BCUT2D eigenvalue weighted by molar-refractivity contribution is 0.0463. The summed E-state index contributed by atoms with van der Waals surface area (Å²) in [4.78, 5) is 13.8. The summed E-state index contributed by atoms with van der Waals surface area (Å²) in [5, 5.41) is 17.0. The van der Waals surface area contributed by atoms with Gasteiger partial charge in [0, 0.05) is 31.9 Å². The second kappa shape index (κ2) is 6.93. The monoisotopic (exact) mass is 294 g/mol. The first-order valence-electron chi connectivity index (χ1n) is 7.73. The van der Waals surface area contributed by atoms with Crippen molar-refractivity contribution in [2.45, 2.75) is 46.3 Å². The van der Waals surface area contributed by atoms with Gasteiger partial charge in [-0.3, -0.25) is 10.00 Å². The van der Waals surface area contributed by atoms with E-state index in [1.54, 1.807) is 11.0 Å². The van der Waals surface area contributed by atoms with Crippen molar-refractivity contribution >= 4 is 11.8 Å². The van der Waals surface area contributed by atoms with Gasteiger partial charge in [-0.15, -0.1) is 0 Å². The Bertz CT molecular complexity index is 472. The molecule has 6 heteroatoms. The molecule has 2 rings (SSSR count). The average Bonchev–Trinajstić information content (AvgIpc) is 2.87. The summed E-state index contributed by atoms with van der Waals surface area (Å²) in [6.07, 6.45) is 3.33. The third-order valence-corrected chi connectivity index (χ3v) is 4.02. The van der Waals surface area contributed by atoms with Gasteiger partial charge in [-0.05, 0) is 24.7 Å². The second-order valence-corrected chi connectivity index (χ2v) is 6.36. The van der Waals surface area contributed by atoms with Crippen LogP contribution in [0.4, 0.5) is 10.6 Å². The molecule has 1 aliphatic rings. The summed E-state index contributed by atoms with van der Waals surface area (Å²) in [6.45, 7) is 8.28. The lowest BCUT2D eigenvalue weighted by Crippen LogP contribution is -2.47. The Morgan fingerprint density at radius 2 is 2.33 bits per heavy atom. The summed E-state index contributed by atoms with van der Waals surface area (Å²) in [6, 6.07) is 1.62. The summed E-state index contributed by atoms with van der Waals surface area (Å²) < 4.78 is 1.85. The van der Waals surface area contributed by atoms with Crippen molar-refractivity contribution in [3.05, 3.63) is 12.3 Å². The number of likely N-dealkylation sites (tertiary alicyclic amines) is 1. The predicted molar refractivity (Wildman–Crippen MR) is 82.1 cm³/mol. The molecule has 0 bridgehead atoms. The number of nitrogens with one attached hydrogen (secondary N) is 1. The maximum atomic E-state index is 12.1. The number of aryl methyl sites for hydroxylation is 1. The Morgan fingerprint density at radius 1 is 1.57 bits per heavy atom.